The van der Waals surface area contributed by atoms with Gasteiger partial charge >= 0.3 is 0 Å². The minimum atomic E-state index is -0.575. The highest BCUT2D eigenvalue weighted by atomic mass is 32.1. The van der Waals surface area contributed by atoms with Crippen LogP contribution in [-0.2, 0) is 0 Å². The monoisotopic (exact) mass is 244 g/mol. The van der Waals surface area contributed by atoms with Crippen molar-refractivity contribution in [1.82, 2.24) is 15.0 Å². The number of H-pyrrole nitrogens is 1. The van der Waals surface area contributed by atoms with Gasteiger partial charge in [-0.05, 0) is 26.1 Å². The highest BCUT2D eigenvalue weighted by Gasteiger charge is 2.21. The Morgan fingerprint density at radius 2 is 2.07 bits per heavy atom. The third-order valence-electron chi connectivity index (χ3n) is 1.72. The molecule has 0 aliphatic carbocycles. The zero-order chi connectivity index (χ0) is 11.6. The van der Waals surface area contributed by atoms with Gasteiger partial charge in [0.15, 0.2) is 0 Å². The molecular formula is C7H12N6S2. The van der Waals surface area contributed by atoms with Crippen molar-refractivity contribution in [3.63, 3.8) is 0 Å². The van der Waals surface area contributed by atoms with Gasteiger partial charge in [0, 0.05) is 0 Å². The van der Waals surface area contributed by atoms with Crippen LogP contribution in [-0.4, -0.2) is 25.5 Å². The van der Waals surface area contributed by atoms with E-state index in [1.54, 1.807) is 0 Å². The van der Waals surface area contributed by atoms with Gasteiger partial charge in [0.05, 0.1) is 10.5 Å². The summed E-state index contributed by atoms with van der Waals surface area (Å²) < 4.78 is 0.160. The molecule has 0 atom stereocenters. The number of hydrogen-bond donors (Lipinski definition) is 4. The molecule has 1 heterocycles. The first-order chi connectivity index (χ1) is 6.81. The predicted octanol–water partition coefficient (Wildman–Crippen LogP) is 0.593. The van der Waals surface area contributed by atoms with Crippen LogP contribution in [0.1, 0.15) is 13.8 Å². The van der Waals surface area contributed by atoms with Gasteiger partial charge in [0.2, 0.25) is 16.7 Å². The highest BCUT2D eigenvalue weighted by Crippen LogP contribution is 2.11. The second-order valence-electron chi connectivity index (χ2n) is 3.48. The highest BCUT2D eigenvalue weighted by molar-refractivity contribution is 7.80. The zero-order valence-corrected chi connectivity index (χ0v) is 10.00. The van der Waals surface area contributed by atoms with E-state index in [1.165, 1.54) is 0 Å². The minimum Gasteiger partial charge on any atom is -0.391 e. The first-order valence-corrected chi connectivity index (χ1v) is 4.95. The first kappa shape index (κ1) is 11.8. The van der Waals surface area contributed by atoms with Crippen LogP contribution < -0.4 is 16.8 Å². The van der Waals surface area contributed by atoms with Gasteiger partial charge in [-0.1, -0.05) is 12.2 Å². The van der Waals surface area contributed by atoms with E-state index in [0.717, 1.165) is 0 Å². The Balaban J connectivity index is 2.99. The molecule has 6 nitrogen and oxygen atoms in total. The van der Waals surface area contributed by atoms with Gasteiger partial charge in [-0.25, -0.2) is 0 Å². The summed E-state index contributed by atoms with van der Waals surface area (Å²) in [7, 11) is 0. The smallest absolute Gasteiger partial charge is 0.225 e. The fourth-order valence-electron chi connectivity index (χ4n) is 0.818. The number of thiocarbonyl (C=S) groups is 1. The Bertz CT molecular complexity index is 437. The molecule has 1 rings (SSSR count). The lowest BCUT2D eigenvalue weighted by Gasteiger charge is -2.24. The summed E-state index contributed by atoms with van der Waals surface area (Å²) in [6.45, 7) is 3.65. The van der Waals surface area contributed by atoms with Crippen LogP contribution in [0.3, 0.4) is 0 Å². The van der Waals surface area contributed by atoms with Gasteiger partial charge in [-0.15, -0.1) is 0 Å². The standard InChI is InChI=1S/C7H12N6S2/c1-7(2,3(8)14)13-5-10-4(9)11-6(15)12-5/h1-2H3,(H2,8,14)(H4,9,10,11,12,13,15). The second kappa shape index (κ2) is 4.07. The molecule has 0 saturated heterocycles. The maximum atomic E-state index is 5.55. The fourth-order valence-corrected chi connectivity index (χ4v) is 1.06. The number of anilines is 2. The van der Waals surface area contributed by atoms with E-state index in [-0.39, 0.29) is 10.7 Å². The quantitative estimate of drug-likeness (QED) is 0.577. The number of nitrogens with two attached hydrogens (primary N) is 2. The minimum absolute atomic E-state index is 0.160. The Morgan fingerprint density at radius 1 is 1.47 bits per heavy atom. The Morgan fingerprint density at radius 3 is 2.53 bits per heavy atom. The van der Waals surface area contributed by atoms with Gasteiger partial charge < -0.3 is 16.8 Å². The largest absolute Gasteiger partial charge is 0.391 e. The number of aromatic nitrogens is 3. The summed E-state index contributed by atoms with van der Waals surface area (Å²) in [6, 6.07) is 0. The van der Waals surface area contributed by atoms with E-state index >= 15 is 0 Å². The summed E-state index contributed by atoms with van der Waals surface area (Å²) >= 11 is 9.71. The fraction of sp³-hybridized carbons (Fsp3) is 0.429. The van der Waals surface area contributed by atoms with Crippen LogP contribution >= 0.6 is 24.4 Å². The van der Waals surface area contributed by atoms with Gasteiger partial charge in [-0.3, -0.25) is 4.98 Å². The topological polar surface area (TPSA) is 106 Å². The number of nitrogens with zero attached hydrogens (tertiary/aromatic N) is 2. The predicted molar refractivity (Wildman–Crippen MR) is 66.1 cm³/mol. The number of aromatic amines is 1. The van der Waals surface area contributed by atoms with Crippen molar-refractivity contribution in [3.05, 3.63) is 4.77 Å². The van der Waals surface area contributed by atoms with E-state index < -0.39 is 5.54 Å². The van der Waals surface area contributed by atoms with Crippen molar-refractivity contribution in [3.8, 4) is 0 Å². The number of rotatable bonds is 3. The molecule has 0 radical (unpaired) electrons. The van der Waals surface area contributed by atoms with Crippen molar-refractivity contribution in [1.29, 1.82) is 0 Å². The molecule has 0 aromatic carbocycles. The van der Waals surface area contributed by atoms with E-state index in [4.69, 9.17) is 35.9 Å². The second-order valence-corrected chi connectivity index (χ2v) is 4.28. The molecule has 1 aromatic heterocycles. The van der Waals surface area contributed by atoms with Crippen LogP contribution in [0.2, 0.25) is 0 Å². The molecule has 0 aliphatic rings. The molecule has 0 saturated carbocycles. The van der Waals surface area contributed by atoms with Crippen LogP contribution in [0, 0.1) is 4.77 Å². The van der Waals surface area contributed by atoms with Crippen molar-refractivity contribution < 1.29 is 0 Å². The molecule has 0 fully saturated rings. The third kappa shape index (κ3) is 3.10. The maximum absolute atomic E-state index is 5.55. The molecule has 0 unspecified atom stereocenters. The lowest BCUT2D eigenvalue weighted by atomic mass is 10.1. The third-order valence-corrected chi connectivity index (χ3v) is 2.41. The van der Waals surface area contributed by atoms with Crippen molar-refractivity contribution >= 4 is 41.3 Å². The average Bonchev–Trinajstić information content (AvgIpc) is 1.99. The first-order valence-electron chi connectivity index (χ1n) is 4.13. The molecule has 6 N–H and O–H groups in total. The molecular weight excluding hydrogens is 232 g/mol. The normalized spacial score (nSPS) is 11.1. The number of hydrogen-bond acceptors (Lipinski definition) is 6. The molecule has 15 heavy (non-hydrogen) atoms. The van der Waals surface area contributed by atoms with E-state index in [0.29, 0.717) is 10.9 Å². The Labute approximate surface area is 97.5 Å². The lowest BCUT2D eigenvalue weighted by molar-refractivity contribution is 0.747. The summed E-state index contributed by atoms with van der Waals surface area (Å²) in [4.78, 5) is 10.7. The molecule has 0 aliphatic heterocycles. The van der Waals surface area contributed by atoms with Crippen LogP contribution in [0.4, 0.5) is 11.9 Å². The van der Waals surface area contributed by atoms with E-state index in [1.807, 2.05) is 13.8 Å². The Hall–Kier alpha value is -1.28. The molecule has 1 aromatic rings. The number of nitrogen functional groups attached to an aromatic ring is 1. The van der Waals surface area contributed by atoms with Crippen molar-refractivity contribution in [2.45, 2.75) is 19.4 Å². The van der Waals surface area contributed by atoms with Gasteiger partial charge in [0.1, 0.15) is 0 Å². The van der Waals surface area contributed by atoms with Crippen LogP contribution in [0.25, 0.3) is 0 Å². The number of nitrogens with one attached hydrogen (secondary N) is 2. The average molecular weight is 244 g/mol. The lowest BCUT2D eigenvalue weighted by Crippen LogP contribution is -2.44. The maximum Gasteiger partial charge on any atom is 0.225 e. The summed E-state index contributed by atoms with van der Waals surface area (Å²) in [5, 5.41) is 2.98. The Kier molecular flexibility index (Phi) is 3.20. The van der Waals surface area contributed by atoms with Crippen molar-refractivity contribution in [2.24, 2.45) is 5.73 Å². The van der Waals surface area contributed by atoms with Crippen LogP contribution in [0.5, 0.6) is 0 Å². The molecule has 0 spiro atoms. The van der Waals surface area contributed by atoms with E-state index in [9.17, 15) is 0 Å². The summed E-state index contributed by atoms with van der Waals surface area (Å²) in [6.07, 6.45) is 0. The van der Waals surface area contributed by atoms with Gasteiger partial charge in [-0.2, -0.15) is 9.97 Å². The summed E-state index contributed by atoms with van der Waals surface area (Å²) in [5.41, 5.74) is 10.5. The molecule has 8 heteroatoms. The summed E-state index contributed by atoms with van der Waals surface area (Å²) in [5.74, 6) is 0.585. The SMILES string of the molecule is CC(C)(Nc1nc(=S)nc(N)[nH]1)C(N)=S. The van der Waals surface area contributed by atoms with Crippen LogP contribution in [0.15, 0.2) is 0 Å². The molecule has 0 amide bonds. The molecule has 82 valence electrons. The van der Waals surface area contributed by atoms with Crippen molar-refractivity contribution in [2.75, 3.05) is 11.1 Å². The molecule has 0 bridgehead atoms. The zero-order valence-electron chi connectivity index (χ0n) is 8.37. The van der Waals surface area contributed by atoms with E-state index in [2.05, 4.69) is 20.3 Å². The van der Waals surface area contributed by atoms with Gasteiger partial charge in [0.25, 0.3) is 0 Å².